The first-order valence-corrected chi connectivity index (χ1v) is 11.3. The molecule has 1 aliphatic rings. The van der Waals surface area contributed by atoms with Crippen molar-refractivity contribution in [1.82, 2.24) is 10.2 Å². The molecular weight excluding hydrogens is 537 g/mol. The SMILES string of the molecule is COC(=O)c1ccc(C(C)NC(=O)C(C2=NCCN2Cc2ccc(C(F)(F)F)cc2)=C(N)C(F)(F)F)c(F)c1. The van der Waals surface area contributed by atoms with Crippen molar-refractivity contribution in [3.63, 3.8) is 0 Å². The Morgan fingerprint density at radius 2 is 1.74 bits per heavy atom. The predicted octanol–water partition coefficient (Wildman–Crippen LogP) is 4.50. The van der Waals surface area contributed by atoms with Crippen molar-refractivity contribution in [2.75, 3.05) is 20.2 Å². The molecule has 2 aromatic carbocycles. The summed E-state index contributed by atoms with van der Waals surface area (Å²) in [5.74, 6) is -3.43. The standard InChI is InChI=1S/C25H23F7N4O3/c1-13(17-8-5-15(11-18(17)26)23(38)39-2)35-22(37)19(20(33)25(30,31)32)21-34-9-10-36(21)12-14-3-6-16(7-4-14)24(27,28)29/h3-8,11,13H,9-10,12,33H2,1-2H3,(H,35,37). The molecular formula is C25H23F7N4O3. The molecule has 1 atom stereocenters. The monoisotopic (exact) mass is 560 g/mol. The minimum absolute atomic E-state index is 0.00292. The maximum absolute atomic E-state index is 14.6. The Bertz CT molecular complexity index is 1300. The number of carbonyl (C=O) groups is 2. The number of rotatable bonds is 7. The van der Waals surface area contributed by atoms with Gasteiger partial charge in [-0.25, -0.2) is 9.18 Å². The molecule has 14 heteroatoms. The van der Waals surface area contributed by atoms with E-state index in [2.05, 4.69) is 15.0 Å². The van der Waals surface area contributed by atoms with Gasteiger partial charge in [-0.2, -0.15) is 26.3 Å². The van der Waals surface area contributed by atoms with Crippen molar-refractivity contribution < 1.29 is 45.1 Å². The topological polar surface area (TPSA) is 97.0 Å². The molecule has 0 fully saturated rings. The van der Waals surface area contributed by atoms with E-state index in [0.717, 1.165) is 37.4 Å². The third-order valence-corrected chi connectivity index (χ3v) is 5.85. The van der Waals surface area contributed by atoms with Gasteiger partial charge in [0, 0.05) is 18.7 Å². The van der Waals surface area contributed by atoms with Crippen LogP contribution in [0.5, 0.6) is 0 Å². The average molecular weight is 560 g/mol. The summed E-state index contributed by atoms with van der Waals surface area (Å²) in [4.78, 5) is 30.0. The Labute approximate surface area is 218 Å². The van der Waals surface area contributed by atoms with Gasteiger partial charge in [0.05, 0.1) is 30.8 Å². The van der Waals surface area contributed by atoms with Crippen LogP contribution in [0.25, 0.3) is 0 Å². The van der Waals surface area contributed by atoms with Crippen LogP contribution in [0.15, 0.2) is 58.7 Å². The van der Waals surface area contributed by atoms with E-state index in [1.807, 2.05) is 0 Å². The number of nitrogens with one attached hydrogen (secondary N) is 1. The van der Waals surface area contributed by atoms with Gasteiger partial charge in [-0.15, -0.1) is 0 Å². The molecule has 2 aromatic rings. The molecule has 0 spiro atoms. The van der Waals surface area contributed by atoms with E-state index in [4.69, 9.17) is 5.73 Å². The molecule has 1 unspecified atom stereocenters. The summed E-state index contributed by atoms with van der Waals surface area (Å²) in [6, 6.07) is 6.08. The van der Waals surface area contributed by atoms with E-state index in [9.17, 15) is 40.3 Å². The van der Waals surface area contributed by atoms with E-state index in [1.165, 1.54) is 24.0 Å². The number of aliphatic imine (C=N–C) groups is 1. The van der Waals surface area contributed by atoms with Crippen LogP contribution in [0, 0.1) is 5.82 Å². The number of hydrogen-bond acceptors (Lipinski definition) is 6. The maximum Gasteiger partial charge on any atom is 0.431 e. The number of methoxy groups -OCH3 is 1. The van der Waals surface area contributed by atoms with Crippen LogP contribution in [0.2, 0.25) is 0 Å². The van der Waals surface area contributed by atoms with Crippen molar-refractivity contribution in [1.29, 1.82) is 0 Å². The number of allylic oxidation sites excluding steroid dienone is 1. The molecule has 0 saturated carbocycles. The number of hydrogen-bond donors (Lipinski definition) is 2. The van der Waals surface area contributed by atoms with Crippen LogP contribution >= 0.6 is 0 Å². The van der Waals surface area contributed by atoms with E-state index in [-0.39, 0.29) is 30.8 Å². The van der Waals surface area contributed by atoms with Gasteiger partial charge in [0.15, 0.2) is 0 Å². The minimum atomic E-state index is -5.13. The van der Waals surface area contributed by atoms with Gasteiger partial charge in [0.1, 0.15) is 22.9 Å². The van der Waals surface area contributed by atoms with Crippen LogP contribution < -0.4 is 11.1 Å². The number of esters is 1. The lowest BCUT2D eigenvalue weighted by atomic mass is 10.0. The second-order valence-electron chi connectivity index (χ2n) is 8.53. The third-order valence-electron chi connectivity index (χ3n) is 5.85. The second kappa shape index (κ2) is 11.3. The molecule has 3 rings (SSSR count). The first kappa shape index (κ1) is 29.5. The summed E-state index contributed by atoms with van der Waals surface area (Å²) < 4.78 is 98.7. The van der Waals surface area contributed by atoms with Crippen molar-refractivity contribution in [3.05, 3.63) is 81.8 Å². The molecule has 0 radical (unpaired) electrons. The molecule has 0 saturated heterocycles. The largest absolute Gasteiger partial charge is 0.465 e. The van der Waals surface area contributed by atoms with Crippen LogP contribution in [0.1, 0.15) is 40.0 Å². The third kappa shape index (κ3) is 6.86. The van der Waals surface area contributed by atoms with Gasteiger partial charge < -0.3 is 20.7 Å². The van der Waals surface area contributed by atoms with Crippen LogP contribution in [-0.2, 0) is 22.3 Å². The highest BCUT2D eigenvalue weighted by Gasteiger charge is 2.40. The zero-order valence-electron chi connectivity index (χ0n) is 20.6. The summed E-state index contributed by atoms with van der Waals surface area (Å²) in [7, 11) is 1.10. The quantitative estimate of drug-likeness (QED) is 0.296. The van der Waals surface area contributed by atoms with Crippen LogP contribution in [0.3, 0.4) is 0 Å². The summed E-state index contributed by atoms with van der Waals surface area (Å²) in [5.41, 5.74) is 1.78. The molecule has 7 nitrogen and oxygen atoms in total. The molecule has 39 heavy (non-hydrogen) atoms. The first-order chi connectivity index (χ1) is 18.1. The molecule has 0 aliphatic carbocycles. The van der Waals surface area contributed by atoms with Crippen molar-refractivity contribution >= 4 is 17.7 Å². The Morgan fingerprint density at radius 3 is 2.28 bits per heavy atom. The van der Waals surface area contributed by atoms with E-state index in [0.29, 0.717) is 5.56 Å². The van der Waals surface area contributed by atoms with Crippen LogP contribution in [-0.4, -0.2) is 49.0 Å². The predicted molar refractivity (Wildman–Crippen MR) is 126 cm³/mol. The average Bonchev–Trinajstić information content (AvgIpc) is 3.30. The van der Waals surface area contributed by atoms with Gasteiger partial charge in [0.25, 0.3) is 5.91 Å². The van der Waals surface area contributed by atoms with Gasteiger partial charge >= 0.3 is 18.3 Å². The van der Waals surface area contributed by atoms with Gasteiger partial charge in [-0.3, -0.25) is 9.79 Å². The zero-order chi connectivity index (χ0) is 29.1. The van der Waals surface area contributed by atoms with Gasteiger partial charge in [-0.1, -0.05) is 18.2 Å². The Balaban J connectivity index is 1.88. The summed E-state index contributed by atoms with van der Waals surface area (Å²) >= 11 is 0. The smallest absolute Gasteiger partial charge is 0.431 e. The normalized spacial score (nSPS) is 15.4. The second-order valence-corrected chi connectivity index (χ2v) is 8.53. The Hall–Kier alpha value is -4.10. The number of amides is 1. The molecule has 1 heterocycles. The highest BCUT2D eigenvalue weighted by atomic mass is 19.4. The summed E-state index contributed by atoms with van der Waals surface area (Å²) in [5, 5.41) is 2.27. The zero-order valence-corrected chi connectivity index (χ0v) is 20.6. The number of ether oxygens (including phenoxy) is 1. The highest BCUT2D eigenvalue weighted by molar-refractivity contribution is 6.21. The number of carbonyl (C=O) groups excluding carboxylic acids is 2. The number of halogens is 7. The molecule has 210 valence electrons. The molecule has 0 aromatic heterocycles. The lowest BCUT2D eigenvalue weighted by molar-refractivity contribution is -0.137. The number of amidine groups is 1. The molecule has 3 N–H and O–H groups in total. The van der Waals surface area contributed by atoms with Crippen molar-refractivity contribution in [2.24, 2.45) is 10.7 Å². The van der Waals surface area contributed by atoms with Gasteiger partial charge in [0.2, 0.25) is 0 Å². The Morgan fingerprint density at radius 1 is 1.10 bits per heavy atom. The fourth-order valence-corrected chi connectivity index (χ4v) is 3.85. The summed E-state index contributed by atoms with van der Waals surface area (Å²) in [6.45, 7) is 1.22. The maximum atomic E-state index is 14.6. The molecule has 1 amide bonds. The number of nitrogens with two attached hydrogens (primary N) is 1. The fourth-order valence-electron chi connectivity index (χ4n) is 3.85. The summed E-state index contributed by atoms with van der Waals surface area (Å²) in [6.07, 6.45) is -9.70. The molecule has 1 aliphatic heterocycles. The van der Waals surface area contributed by atoms with Crippen molar-refractivity contribution in [2.45, 2.75) is 31.9 Å². The van der Waals surface area contributed by atoms with E-state index >= 15 is 0 Å². The molecule has 0 bridgehead atoms. The van der Waals surface area contributed by atoms with Crippen LogP contribution in [0.4, 0.5) is 30.7 Å². The van der Waals surface area contributed by atoms with E-state index < -0.39 is 58.8 Å². The first-order valence-electron chi connectivity index (χ1n) is 11.3. The van der Waals surface area contributed by atoms with Crippen molar-refractivity contribution in [3.8, 4) is 0 Å². The number of alkyl halides is 6. The number of benzene rings is 2. The lowest BCUT2D eigenvalue weighted by Gasteiger charge is -2.25. The number of nitrogens with zero attached hydrogens (tertiary/aromatic N) is 2. The highest BCUT2D eigenvalue weighted by Crippen LogP contribution is 2.30. The Kier molecular flexibility index (Phi) is 8.56. The fraction of sp³-hybridized carbons (Fsp3) is 0.320. The minimum Gasteiger partial charge on any atom is -0.465 e. The lowest BCUT2D eigenvalue weighted by Crippen LogP contribution is -2.40. The van der Waals surface area contributed by atoms with Gasteiger partial charge in [-0.05, 0) is 36.8 Å². The van der Waals surface area contributed by atoms with E-state index in [1.54, 1.807) is 0 Å².